The van der Waals surface area contributed by atoms with Crippen molar-refractivity contribution in [2.45, 2.75) is 289 Å². The van der Waals surface area contributed by atoms with Gasteiger partial charge in [-0.15, -0.1) is 22.7 Å². The van der Waals surface area contributed by atoms with Crippen LogP contribution in [0.15, 0.2) is 223 Å². The molecule has 0 amide bonds. The summed E-state index contributed by atoms with van der Waals surface area (Å²) in [4.78, 5) is 0. The molecular weight excluding hydrogens is 1630 g/mol. The zero-order valence-corrected chi connectivity index (χ0v) is 84.9. The molecule has 2 nitrogen and oxygen atoms in total. The van der Waals surface area contributed by atoms with Gasteiger partial charge in [0.2, 0.25) is 0 Å². The zero-order valence-electron chi connectivity index (χ0n) is 81.7. The van der Waals surface area contributed by atoms with Crippen LogP contribution in [0.1, 0.15) is 312 Å². The summed E-state index contributed by atoms with van der Waals surface area (Å²) in [5.74, 6) is 2.24. The lowest BCUT2D eigenvalue weighted by atomic mass is 9.78. The van der Waals surface area contributed by atoms with Gasteiger partial charge in [-0.3, -0.25) is 0 Å². The Kier molecular flexibility index (Phi) is 25.4. The van der Waals surface area contributed by atoms with Crippen molar-refractivity contribution < 1.29 is 9.68 Å². The molecule has 0 saturated heterocycles. The van der Waals surface area contributed by atoms with E-state index >= 15 is 0 Å². The fourth-order valence-electron chi connectivity index (χ4n) is 18.4. The molecule has 0 aliphatic carbocycles. The molecule has 0 aliphatic heterocycles. The number of benzene rings is 14. The molecule has 651 valence electrons. The van der Waals surface area contributed by atoms with Gasteiger partial charge in [-0.2, -0.15) is 0 Å². The van der Waals surface area contributed by atoms with Crippen molar-refractivity contribution in [3.63, 3.8) is 0 Å². The van der Waals surface area contributed by atoms with Crippen LogP contribution in [0.3, 0.4) is 0 Å². The molecule has 16 aromatic rings. The normalized spacial score (nSPS) is 13.0. The van der Waals surface area contributed by atoms with Crippen LogP contribution in [-0.4, -0.2) is 12.7 Å². The van der Waals surface area contributed by atoms with Crippen LogP contribution in [0.2, 0.25) is 0 Å². The van der Waals surface area contributed by atoms with Crippen molar-refractivity contribution in [3.8, 4) is 61.4 Å². The highest BCUT2D eigenvalue weighted by Crippen LogP contribution is 2.50. The maximum Gasteiger partial charge on any atom is 0.569 e. The van der Waals surface area contributed by atoms with E-state index in [0.717, 1.165) is 17.5 Å². The van der Waals surface area contributed by atoms with E-state index in [4.69, 9.17) is 9.68 Å². The van der Waals surface area contributed by atoms with E-state index in [1.807, 2.05) is 23.5 Å². The van der Waals surface area contributed by atoms with Gasteiger partial charge in [0.25, 0.3) is 0 Å². The van der Waals surface area contributed by atoms with Gasteiger partial charge in [0, 0.05) is 44.8 Å². The Morgan fingerprint density at radius 3 is 0.651 bits per heavy atom. The van der Waals surface area contributed by atoms with E-state index in [1.165, 1.54) is 200 Å². The van der Waals surface area contributed by atoms with E-state index < -0.39 is 0 Å². The predicted octanol–water partition coefficient (Wildman–Crippen LogP) is 37.3. The second kappa shape index (κ2) is 34.4. The molecule has 0 fully saturated rings. The summed E-state index contributed by atoms with van der Waals surface area (Å²) in [5.41, 5.74) is 30.4. The highest BCUT2D eigenvalue weighted by molar-refractivity contribution is 9.10. The highest BCUT2D eigenvalue weighted by atomic mass is 79.9. The van der Waals surface area contributed by atoms with E-state index in [0.29, 0.717) is 29.4 Å². The topological polar surface area (TPSA) is 29.5 Å². The van der Waals surface area contributed by atoms with Gasteiger partial charge in [0.1, 0.15) is 5.75 Å². The maximum absolute atomic E-state index is 8.99. The van der Waals surface area contributed by atoms with Crippen LogP contribution in [0.5, 0.6) is 5.75 Å². The van der Waals surface area contributed by atoms with Crippen LogP contribution in [0.4, 0.5) is 0 Å². The zero-order chi connectivity index (χ0) is 91.7. The van der Waals surface area contributed by atoms with Gasteiger partial charge >= 0.3 is 7.69 Å². The molecule has 2 heterocycles. The molecule has 0 saturated carbocycles. The summed E-state index contributed by atoms with van der Waals surface area (Å²) < 4.78 is 11.5. The van der Waals surface area contributed by atoms with Crippen molar-refractivity contribution in [3.05, 3.63) is 290 Å². The van der Waals surface area contributed by atoms with Gasteiger partial charge in [-0.1, -0.05) is 371 Å². The quantitative estimate of drug-likeness (QED) is 0.103. The lowest BCUT2D eigenvalue weighted by Gasteiger charge is -2.27. The van der Waals surface area contributed by atoms with Gasteiger partial charge in [-0.25, -0.2) is 0 Å². The fraction of sp³-hybridized carbons (Fsp3) is 0.367. The average Bonchev–Trinajstić information content (AvgIpc) is 0.898. The standard InChI is InChI=1S/C60H68S.C34H41Br.C26H28BO2S/c1-35(2)55-48-22-18-39(41-25-43(57(5,6)7)33-44(26-41)58(8,9)10)32-52(48)56(36(3)4)47-21-17-37(31-51(47)55)38-19-23-53-49(29-38)50-30-40(20-24-54(50)61-53)42-27-45(59(11,12)13)34-46(28-42)60(14,15)16;1-20(2)31-28-14-12-26(35)19-30(28)32(21(3)4)27-13-11-22(17-29(27)31)23-15-24(33(5,6)7)18-25(16-23)34(8,9)10;1-25(2,3)18-11-17(12-19(14-18)26(4,5)6)16-7-9-23-21(13-16)22-15-20(29-27-28)8-10-24(22)30-23/h17-36H,1-16H3;11-21H,1-10H3;7-15,28H,1-6H3. The third kappa shape index (κ3) is 19.3. The number of hydrogen-bond donors (Lipinski definition) is 1. The number of thiophene rings is 2. The summed E-state index contributed by atoms with van der Waals surface area (Å²) in [6.45, 7) is 74.2. The van der Waals surface area contributed by atoms with Crippen molar-refractivity contribution in [2.24, 2.45) is 0 Å². The molecule has 0 bridgehead atoms. The molecule has 2 aromatic heterocycles. The van der Waals surface area contributed by atoms with E-state index in [-0.39, 0.29) is 43.3 Å². The first-order valence-electron chi connectivity index (χ1n) is 46.1. The van der Waals surface area contributed by atoms with E-state index in [2.05, 4.69) is 444 Å². The van der Waals surface area contributed by atoms with Gasteiger partial charge in [0.15, 0.2) is 0 Å². The Bertz CT molecular complexity index is 6740. The average molecular weight is 1770 g/mol. The minimum atomic E-state index is 0.0633. The van der Waals surface area contributed by atoms with Crippen molar-refractivity contribution in [2.75, 3.05) is 0 Å². The molecule has 6 heteroatoms. The molecule has 1 N–H and O–H groups in total. The fourth-order valence-corrected chi connectivity index (χ4v) is 20.9. The van der Waals surface area contributed by atoms with E-state index in [1.54, 1.807) is 11.3 Å². The molecule has 0 unspecified atom stereocenters. The molecule has 16 rings (SSSR count). The summed E-state index contributed by atoms with van der Waals surface area (Å²) in [5, 5.41) is 25.1. The van der Waals surface area contributed by atoms with Crippen LogP contribution >= 0.6 is 38.6 Å². The summed E-state index contributed by atoms with van der Waals surface area (Å²) in [6.07, 6.45) is 0. The lowest BCUT2D eigenvalue weighted by Crippen LogP contribution is -2.16. The Morgan fingerprint density at radius 1 is 0.222 bits per heavy atom. The first-order chi connectivity index (χ1) is 58.6. The van der Waals surface area contributed by atoms with Crippen LogP contribution in [0, 0.1) is 0 Å². The Morgan fingerprint density at radius 2 is 0.421 bits per heavy atom. The molecule has 126 heavy (non-hydrogen) atoms. The van der Waals surface area contributed by atoms with Gasteiger partial charge < -0.3 is 9.68 Å². The lowest BCUT2D eigenvalue weighted by molar-refractivity contribution is 0.454. The number of rotatable bonds is 11. The second-order valence-electron chi connectivity index (χ2n) is 45.7. The largest absolute Gasteiger partial charge is 0.569 e. The van der Waals surface area contributed by atoms with Crippen LogP contribution in [-0.2, 0) is 43.3 Å². The molecule has 0 spiro atoms. The van der Waals surface area contributed by atoms with Crippen molar-refractivity contribution >= 4 is 130 Å². The molecule has 1 radical (unpaired) electrons. The first kappa shape index (κ1) is 93.0. The Labute approximate surface area is 772 Å². The monoisotopic (exact) mass is 1760 g/mol. The SMILES string of the molecule is CC(C)(C)c1cc(-c2ccc3sc4ccc(O[B]O)cc4c3c2)cc(C(C)(C)C)c1.CC(C)c1c2ccc(-c3cc(C(C)(C)C)cc(C(C)(C)C)c3)cc2c(C(C)C)c2ccc(Br)cc12.CC(C)c1c2ccc(-c3ccc4sc5ccc(-c6cc(C(C)(C)C)cc(C(C)(C)C)c6)cc5c4c3)cc2c(C(C)C)c2ccc(-c3cc(C(C)(C)C)cc(C(C)(C)C)c3)cc12. The predicted molar refractivity (Wildman–Crippen MR) is 565 cm³/mol. The Balaban J connectivity index is 0.000000167. The molecule has 0 aliphatic rings. The van der Waals surface area contributed by atoms with Crippen LogP contribution < -0.4 is 4.65 Å². The molecular formula is C120H137BBrO2S2. The number of fused-ring (bicyclic) bond motifs is 10. The summed E-state index contributed by atoms with van der Waals surface area (Å²) >= 11 is 7.41. The third-order valence-corrected chi connectivity index (χ3v) is 28.9. The smallest absolute Gasteiger partial charge is 0.537 e. The number of halogens is 1. The summed E-state index contributed by atoms with van der Waals surface area (Å²) in [7, 11) is 0.729. The van der Waals surface area contributed by atoms with E-state index in [9.17, 15) is 0 Å². The third-order valence-electron chi connectivity index (χ3n) is 26.1. The second-order valence-corrected chi connectivity index (χ2v) is 48.7. The minimum absolute atomic E-state index is 0.0633. The maximum atomic E-state index is 8.99. The molecule has 14 aromatic carbocycles. The van der Waals surface area contributed by atoms with Crippen molar-refractivity contribution in [1.29, 1.82) is 0 Å². The van der Waals surface area contributed by atoms with Gasteiger partial charge in [-0.05, 0) is 317 Å². The van der Waals surface area contributed by atoms with Crippen molar-refractivity contribution in [1.82, 2.24) is 0 Å². The Hall–Kier alpha value is -9.14. The summed E-state index contributed by atoms with van der Waals surface area (Å²) in [6, 6.07) is 84.4. The minimum Gasteiger partial charge on any atom is -0.537 e. The molecule has 0 atom stereocenters. The van der Waals surface area contributed by atoms with Crippen LogP contribution in [0.25, 0.3) is 139 Å². The first-order valence-corrected chi connectivity index (χ1v) is 48.5. The highest BCUT2D eigenvalue weighted by Gasteiger charge is 2.30. The number of hydrogen-bond acceptors (Lipinski definition) is 4. The van der Waals surface area contributed by atoms with Gasteiger partial charge in [0.05, 0.1) is 0 Å².